The molecule has 234 valence electrons. The van der Waals surface area contributed by atoms with E-state index in [1.54, 1.807) is 0 Å². The molecule has 0 saturated heterocycles. The molecule has 0 radical (unpaired) electrons. The molecule has 0 amide bonds. The SMILES string of the molecule is N#Cc1cc2c(c3ccccc13)-c1ccccc1Cc1cc(-c3nc(-c4ccccc4)nc(-c4ccccc4)n3)ccc1-c1ccccc1C2. The van der Waals surface area contributed by atoms with E-state index in [-0.39, 0.29) is 0 Å². The Morgan fingerprint density at radius 1 is 0.400 bits per heavy atom. The van der Waals surface area contributed by atoms with Gasteiger partial charge in [-0.2, -0.15) is 5.26 Å². The predicted octanol–water partition coefficient (Wildman–Crippen LogP) is 10.7. The molecule has 0 unspecified atom stereocenters. The molecule has 1 aliphatic rings. The molecule has 9 rings (SSSR count). The van der Waals surface area contributed by atoms with E-state index in [1.165, 1.54) is 38.9 Å². The highest BCUT2D eigenvalue weighted by Crippen LogP contribution is 2.42. The van der Waals surface area contributed by atoms with E-state index in [9.17, 15) is 5.26 Å². The molecular weight excluding hydrogens is 609 g/mol. The van der Waals surface area contributed by atoms with Gasteiger partial charge in [0, 0.05) is 22.1 Å². The topological polar surface area (TPSA) is 62.5 Å². The molecule has 0 spiro atoms. The van der Waals surface area contributed by atoms with Crippen molar-refractivity contribution < 1.29 is 0 Å². The molecule has 7 aromatic carbocycles. The third-order valence-electron chi connectivity index (χ3n) is 9.67. The van der Waals surface area contributed by atoms with E-state index in [1.807, 2.05) is 66.7 Å². The number of hydrogen-bond donors (Lipinski definition) is 0. The maximum absolute atomic E-state index is 10.2. The second-order valence-electron chi connectivity index (χ2n) is 12.7. The lowest BCUT2D eigenvalue weighted by molar-refractivity contribution is 1.07. The van der Waals surface area contributed by atoms with Gasteiger partial charge in [-0.25, -0.2) is 15.0 Å². The van der Waals surface area contributed by atoms with Crippen molar-refractivity contribution in [1.82, 2.24) is 15.0 Å². The van der Waals surface area contributed by atoms with Crippen LogP contribution < -0.4 is 0 Å². The molecule has 8 aromatic rings. The van der Waals surface area contributed by atoms with Gasteiger partial charge in [-0.05, 0) is 74.9 Å². The smallest absolute Gasteiger partial charge is 0.164 e. The number of fused-ring (bicyclic) bond motifs is 8. The van der Waals surface area contributed by atoms with Crippen molar-refractivity contribution in [3.63, 3.8) is 0 Å². The van der Waals surface area contributed by atoms with Gasteiger partial charge in [-0.1, -0.05) is 146 Å². The van der Waals surface area contributed by atoms with Crippen LogP contribution >= 0.6 is 0 Å². The first-order chi connectivity index (χ1) is 24.7. The maximum atomic E-state index is 10.2. The van der Waals surface area contributed by atoms with Crippen LogP contribution in [-0.2, 0) is 12.8 Å². The van der Waals surface area contributed by atoms with Crippen LogP contribution in [0.15, 0.2) is 158 Å². The summed E-state index contributed by atoms with van der Waals surface area (Å²) in [4.78, 5) is 15.0. The van der Waals surface area contributed by atoms with Crippen LogP contribution in [-0.4, -0.2) is 15.0 Å². The molecule has 0 fully saturated rings. The van der Waals surface area contributed by atoms with Crippen LogP contribution in [0.25, 0.3) is 67.2 Å². The lowest BCUT2D eigenvalue weighted by atomic mass is 9.81. The molecule has 1 heterocycles. The molecule has 0 atom stereocenters. The minimum absolute atomic E-state index is 0.638. The Morgan fingerprint density at radius 3 is 1.56 bits per heavy atom. The van der Waals surface area contributed by atoms with Crippen LogP contribution in [0.1, 0.15) is 27.8 Å². The number of hydrogen-bond acceptors (Lipinski definition) is 4. The van der Waals surface area contributed by atoms with Gasteiger partial charge in [0.2, 0.25) is 0 Å². The average Bonchev–Trinajstić information content (AvgIpc) is 3.18. The fraction of sp³-hybridized carbons (Fsp3) is 0.0435. The molecule has 1 aromatic heterocycles. The average molecular weight is 639 g/mol. The number of aromatic nitrogens is 3. The van der Waals surface area contributed by atoms with Gasteiger partial charge in [-0.15, -0.1) is 0 Å². The summed E-state index contributed by atoms with van der Waals surface area (Å²) in [6.45, 7) is 0. The maximum Gasteiger partial charge on any atom is 0.164 e. The Balaban J connectivity index is 1.27. The molecule has 1 aliphatic carbocycles. The highest BCUT2D eigenvalue weighted by atomic mass is 15.0. The summed E-state index contributed by atoms with van der Waals surface area (Å²) in [5.41, 5.74) is 13.1. The predicted molar refractivity (Wildman–Crippen MR) is 201 cm³/mol. The van der Waals surface area contributed by atoms with E-state index in [0.29, 0.717) is 35.9 Å². The summed E-state index contributed by atoms with van der Waals surface area (Å²) in [6.07, 6.45) is 1.42. The van der Waals surface area contributed by atoms with Crippen molar-refractivity contribution in [2.75, 3.05) is 0 Å². The number of rotatable bonds is 3. The van der Waals surface area contributed by atoms with Gasteiger partial charge in [0.1, 0.15) is 0 Å². The van der Waals surface area contributed by atoms with Crippen molar-refractivity contribution in [1.29, 1.82) is 5.26 Å². The standard InChI is InChI=1S/C46H30N4/c47-29-37-28-36-26-32-17-7-9-19-38(32)40-24-23-34(27-35(40)25-33-18-8-10-21-41(33)43(36)42-22-12-11-20-39(37)42)46-49-44(30-13-3-1-4-14-30)48-45(50-46)31-15-5-2-6-16-31/h1-24,27-28H,25-26H2. The van der Waals surface area contributed by atoms with Gasteiger partial charge >= 0.3 is 0 Å². The van der Waals surface area contributed by atoms with E-state index in [2.05, 4.69) is 97.1 Å². The molecule has 4 heteroatoms. The Labute approximate surface area is 291 Å². The molecule has 0 bridgehead atoms. The second-order valence-corrected chi connectivity index (χ2v) is 12.7. The number of benzene rings is 7. The molecule has 0 saturated carbocycles. The summed E-state index contributed by atoms with van der Waals surface area (Å²) in [6, 6.07) is 57.1. The van der Waals surface area contributed by atoms with Crippen molar-refractivity contribution in [2.24, 2.45) is 0 Å². The first kappa shape index (κ1) is 29.4. The Morgan fingerprint density at radius 2 is 0.900 bits per heavy atom. The summed E-state index contributed by atoms with van der Waals surface area (Å²) in [7, 11) is 0. The van der Waals surface area contributed by atoms with Crippen molar-refractivity contribution in [2.45, 2.75) is 12.8 Å². The van der Waals surface area contributed by atoms with E-state index < -0.39 is 0 Å². The lowest BCUT2D eigenvalue weighted by Crippen LogP contribution is -2.05. The highest BCUT2D eigenvalue weighted by molar-refractivity contribution is 6.02. The lowest BCUT2D eigenvalue weighted by Gasteiger charge is -2.23. The van der Waals surface area contributed by atoms with E-state index in [4.69, 9.17) is 15.0 Å². The van der Waals surface area contributed by atoms with Crippen LogP contribution in [0.2, 0.25) is 0 Å². The van der Waals surface area contributed by atoms with Gasteiger partial charge < -0.3 is 0 Å². The normalized spacial score (nSPS) is 11.8. The third-order valence-corrected chi connectivity index (χ3v) is 9.67. The van der Waals surface area contributed by atoms with E-state index >= 15 is 0 Å². The molecule has 0 aliphatic heterocycles. The second kappa shape index (κ2) is 12.4. The zero-order valence-corrected chi connectivity index (χ0v) is 27.2. The van der Waals surface area contributed by atoms with Crippen molar-refractivity contribution in [3.05, 3.63) is 186 Å². The molecular formula is C46H30N4. The quantitative estimate of drug-likeness (QED) is 0.193. The molecule has 0 N–H and O–H groups in total. The fourth-order valence-electron chi connectivity index (χ4n) is 7.33. The Kier molecular flexibility index (Phi) is 7.30. The van der Waals surface area contributed by atoms with Crippen LogP contribution in [0.5, 0.6) is 0 Å². The zero-order valence-electron chi connectivity index (χ0n) is 27.2. The van der Waals surface area contributed by atoms with Crippen LogP contribution in [0, 0.1) is 11.3 Å². The minimum Gasteiger partial charge on any atom is -0.208 e. The van der Waals surface area contributed by atoms with Crippen LogP contribution in [0.4, 0.5) is 0 Å². The van der Waals surface area contributed by atoms with Crippen molar-refractivity contribution in [3.8, 4) is 62.5 Å². The summed E-state index contributed by atoms with van der Waals surface area (Å²) in [5, 5.41) is 12.3. The fourth-order valence-corrected chi connectivity index (χ4v) is 7.33. The summed E-state index contributed by atoms with van der Waals surface area (Å²) >= 11 is 0. The minimum atomic E-state index is 0.638. The van der Waals surface area contributed by atoms with Gasteiger partial charge in [0.15, 0.2) is 17.5 Å². The largest absolute Gasteiger partial charge is 0.208 e. The zero-order chi connectivity index (χ0) is 33.4. The van der Waals surface area contributed by atoms with Gasteiger partial charge in [-0.3, -0.25) is 0 Å². The number of nitrogens with zero attached hydrogens (tertiary/aromatic N) is 4. The highest BCUT2D eigenvalue weighted by Gasteiger charge is 2.22. The van der Waals surface area contributed by atoms with Crippen LogP contribution in [0.3, 0.4) is 0 Å². The van der Waals surface area contributed by atoms with Gasteiger partial charge in [0.05, 0.1) is 11.6 Å². The monoisotopic (exact) mass is 638 g/mol. The third kappa shape index (κ3) is 5.23. The number of nitriles is 1. The first-order valence-corrected chi connectivity index (χ1v) is 16.8. The Hall–Kier alpha value is -6.70. The van der Waals surface area contributed by atoms with E-state index in [0.717, 1.165) is 33.0 Å². The molecule has 4 nitrogen and oxygen atoms in total. The summed E-state index contributed by atoms with van der Waals surface area (Å²) in [5.74, 6) is 1.93. The van der Waals surface area contributed by atoms with Gasteiger partial charge in [0.25, 0.3) is 0 Å². The van der Waals surface area contributed by atoms with Crippen molar-refractivity contribution >= 4 is 10.8 Å². The summed E-state index contributed by atoms with van der Waals surface area (Å²) < 4.78 is 0. The molecule has 50 heavy (non-hydrogen) atoms. The Bertz CT molecular complexity index is 2540. The first-order valence-electron chi connectivity index (χ1n) is 16.8.